The average Bonchev–Trinajstić information content (AvgIpc) is 2.61. The van der Waals surface area contributed by atoms with Crippen molar-refractivity contribution >= 4 is 22.7 Å². The number of hydrogen-bond donors (Lipinski definition) is 1. The fourth-order valence-corrected chi connectivity index (χ4v) is 2.65. The van der Waals surface area contributed by atoms with Crippen molar-refractivity contribution in [2.24, 2.45) is 0 Å². The lowest BCUT2D eigenvalue weighted by Crippen LogP contribution is -2.14. The van der Waals surface area contributed by atoms with Crippen LogP contribution in [0.1, 0.15) is 28.4 Å². The van der Waals surface area contributed by atoms with Crippen LogP contribution in [0.25, 0.3) is 10.9 Å². The van der Waals surface area contributed by atoms with Gasteiger partial charge >= 0.3 is 5.97 Å². The average molecular weight is 321 g/mol. The quantitative estimate of drug-likeness (QED) is 0.726. The third kappa shape index (κ3) is 3.20. The van der Waals surface area contributed by atoms with E-state index in [9.17, 15) is 4.79 Å². The zero-order chi connectivity index (χ0) is 16.9. The minimum absolute atomic E-state index is 0.327. The summed E-state index contributed by atoms with van der Waals surface area (Å²) in [6.45, 7) is 4.58. The first-order chi connectivity index (χ1) is 11.7. The predicted octanol–water partition coefficient (Wildman–Crippen LogP) is 3.73. The third-order valence-corrected chi connectivity index (χ3v) is 3.81. The number of pyridine rings is 2. The van der Waals surface area contributed by atoms with Crippen molar-refractivity contribution in [2.45, 2.75) is 20.4 Å². The molecule has 0 amide bonds. The number of ether oxygens (including phenoxy) is 1. The summed E-state index contributed by atoms with van der Waals surface area (Å²) in [5, 5.41) is 4.20. The first-order valence-corrected chi connectivity index (χ1v) is 7.90. The van der Waals surface area contributed by atoms with E-state index < -0.39 is 0 Å². The summed E-state index contributed by atoms with van der Waals surface area (Å²) in [4.78, 5) is 21.1. The second kappa shape index (κ2) is 7.08. The Morgan fingerprint density at radius 1 is 1.21 bits per heavy atom. The Balaban J connectivity index is 2.03. The van der Waals surface area contributed by atoms with Crippen molar-refractivity contribution in [2.75, 3.05) is 11.9 Å². The summed E-state index contributed by atoms with van der Waals surface area (Å²) >= 11 is 0. The van der Waals surface area contributed by atoms with Crippen LogP contribution in [0.4, 0.5) is 5.82 Å². The molecule has 122 valence electrons. The van der Waals surface area contributed by atoms with E-state index >= 15 is 0 Å². The maximum Gasteiger partial charge on any atom is 0.342 e. The summed E-state index contributed by atoms with van der Waals surface area (Å²) in [5.74, 6) is 0.176. The Morgan fingerprint density at radius 3 is 2.79 bits per heavy atom. The molecule has 0 saturated heterocycles. The lowest BCUT2D eigenvalue weighted by molar-refractivity contribution is 0.0526. The molecule has 0 aliphatic heterocycles. The van der Waals surface area contributed by atoms with Crippen LogP contribution in [0.5, 0.6) is 0 Å². The van der Waals surface area contributed by atoms with Gasteiger partial charge < -0.3 is 10.1 Å². The molecule has 0 radical (unpaired) electrons. The van der Waals surface area contributed by atoms with Crippen LogP contribution in [-0.4, -0.2) is 22.5 Å². The highest BCUT2D eigenvalue weighted by Gasteiger charge is 2.19. The summed E-state index contributed by atoms with van der Waals surface area (Å²) < 4.78 is 5.22. The van der Waals surface area contributed by atoms with Crippen LogP contribution in [0.2, 0.25) is 0 Å². The molecule has 2 aromatic heterocycles. The highest BCUT2D eigenvalue weighted by atomic mass is 16.5. The molecule has 0 spiro atoms. The number of rotatable bonds is 5. The van der Waals surface area contributed by atoms with Crippen molar-refractivity contribution in [3.05, 3.63) is 65.5 Å². The molecule has 5 heteroatoms. The monoisotopic (exact) mass is 321 g/mol. The number of carbonyl (C=O) groups excluding carboxylic acids is 1. The smallest absolute Gasteiger partial charge is 0.342 e. The zero-order valence-electron chi connectivity index (χ0n) is 13.7. The molecule has 3 aromatic rings. The molecule has 0 aliphatic rings. The SMILES string of the molecule is CCOC(=O)c1c(NCc2cccnc2)nc2ccccc2c1C. The Labute approximate surface area is 140 Å². The number of carbonyl (C=O) groups is 1. The fraction of sp³-hybridized carbons (Fsp3) is 0.211. The van der Waals surface area contributed by atoms with Gasteiger partial charge in [-0.15, -0.1) is 0 Å². The predicted molar refractivity (Wildman–Crippen MR) is 94.0 cm³/mol. The maximum absolute atomic E-state index is 12.4. The molecule has 0 saturated carbocycles. The molecule has 0 atom stereocenters. The van der Waals surface area contributed by atoms with Crippen LogP contribution >= 0.6 is 0 Å². The molecule has 3 rings (SSSR count). The van der Waals surface area contributed by atoms with Gasteiger partial charge in [0.2, 0.25) is 0 Å². The van der Waals surface area contributed by atoms with E-state index in [0.717, 1.165) is 22.0 Å². The van der Waals surface area contributed by atoms with Gasteiger partial charge in [0, 0.05) is 24.3 Å². The molecule has 0 unspecified atom stereocenters. The number of aryl methyl sites for hydroxylation is 1. The van der Waals surface area contributed by atoms with E-state index in [0.29, 0.717) is 24.5 Å². The van der Waals surface area contributed by atoms with Crippen LogP contribution in [0.15, 0.2) is 48.8 Å². The number of para-hydroxylation sites is 1. The normalized spacial score (nSPS) is 10.6. The summed E-state index contributed by atoms with van der Waals surface area (Å²) in [5.41, 5.74) is 3.21. The topological polar surface area (TPSA) is 64.1 Å². The van der Waals surface area contributed by atoms with Crippen LogP contribution < -0.4 is 5.32 Å². The minimum atomic E-state index is -0.359. The Morgan fingerprint density at radius 2 is 2.04 bits per heavy atom. The Bertz CT molecular complexity index is 863. The van der Waals surface area contributed by atoms with E-state index in [2.05, 4.69) is 15.3 Å². The third-order valence-electron chi connectivity index (χ3n) is 3.81. The molecule has 0 aliphatic carbocycles. The van der Waals surface area contributed by atoms with Crippen molar-refractivity contribution in [1.82, 2.24) is 9.97 Å². The van der Waals surface area contributed by atoms with E-state index in [1.165, 1.54) is 0 Å². The number of esters is 1. The summed E-state index contributed by atoms with van der Waals surface area (Å²) in [7, 11) is 0. The highest BCUT2D eigenvalue weighted by molar-refractivity contribution is 6.02. The Kier molecular flexibility index (Phi) is 4.70. The second-order valence-electron chi connectivity index (χ2n) is 5.41. The number of hydrogen-bond acceptors (Lipinski definition) is 5. The summed E-state index contributed by atoms with van der Waals surface area (Å²) in [6, 6.07) is 11.6. The fourth-order valence-electron chi connectivity index (χ4n) is 2.65. The van der Waals surface area contributed by atoms with Gasteiger partial charge in [-0.3, -0.25) is 4.98 Å². The van der Waals surface area contributed by atoms with Crippen molar-refractivity contribution in [3.63, 3.8) is 0 Å². The molecule has 5 nitrogen and oxygen atoms in total. The molecular weight excluding hydrogens is 302 g/mol. The maximum atomic E-state index is 12.4. The van der Waals surface area contributed by atoms with Gasteiger partial charge in [0.15, 0.2) is 0 Å². The van der Waals surface area contributed by atoms with Crippen LogP contribution in [0.3, 0.4) is 0 Å². The molecule has 0 fully saturated rings. The standard InChI is InChI=1S/C19H19N3O2/c1-3-24-19(23)17-13(2)15-8-4-5-9-16(15)22-18(17)21-12-14-7-6-10-20-11-14/h4-11H,3,12H2,1-2H3,(H,21,22). The molecule has 24 heavy (non-hydrogen) atoms. The van der Waals surface area contributed by atoms with Crippen molar-refractivity contribution < 1.29 is 9.53 Å². The van der Waals surface area contributed by atoms with Gasteiger partial charge in [-0.05, 0) is 37.1 Å². The molecule has 1 aromatic carbocycles. The van der Waals surface area contributed by atoms with E-state index in [-0.39, 0.29) is 5.97 Å². The molecule has 2 heterocycles. The van der Waals surface area contributed by atoms with Crippen LogP contribution in [0, 0.1) is 6.92 Å². The van der Waals surface area contributed by atoms with Gasteiger partial charge in [-0.2, -0.15) is 0 Å². The van der Waals surface area contributed by atoms with E-state index in [1.807, 2.05) is 43.3 Å². The van der Waals surface area contributed by atoms with Gasteiger partial charge in [-0.1, -0.05) is 24.3 Å². The number of nitrogens with one attached hydrogen (secondary N) is 1. The van der Waals surface area contributed by atoms with Crippen molar-refractivity contribution in [1.29, 1.82) is 0 Å². The highest BCUT2D eigenvalue weighted by Crippen LogP contribution is 2.27. The van der Waals surface area contributed by atoms with Gasteiger partial charge in [0.25, 0.3) is 0 Å². The molecule has 1 N–H and O–H groups in total. The van der Waals surface area contributed by atoms with E-state index in [4.69, 9.17) is 4.74 Å². The van der Waals surface area contributed by atoms with Gasteiger partial charge in [-0.25, -0.2) is 9.78 Å². The molecule has 0 bridgehead atoms. The summed E-state index contributed by atoms with van der Waals surface area (Å²) in [6.07, 6.45) is 3.51. The van der Waals surface area contributed by atoms with Crippen LogP contribution in [-0.2, 0) is 11.3 Å². The lowest BCUT2D eigenvalue weighted by atomic mass is 10.0. The number of aromatic nitrogens is 2. The second-order valence-corrected chi connectivity index (χ2v) is 5.41. The van der Waals surface area contributed by atoms with Crippen molar-refractivity contribution in [3.8, 4) is 0 Å². The Hall–Kier alpha value is -2.95. The lowest BCUT2D eigenvalue weighted by Gasteiger charge is -2.15. The van der Waals surface area contributed by atoms with E-state index in [1.54, 1.807) is 19.3 Å². The number of anilines is 1. The number of benzene rings is 1. The zero-order valence-corrected chi connectivity index (χ0v) is 13.7. The van der Waals surface area contributed by atoms with Gasteiger partial charge in [0.05, 0.1) is 12.1 Å². The number of fused-ring (bicyclic) bond motifs is 1. The first-order valence-electron chi connectivity index (χ1n) is 7.90. The molecular formula is C19H19N3O2. The number of nitrogens with zero attached hydrogens (tertiary/aromatic N) is 2. The minimum Gasteiger partial charge on any atom is -0.462 e. The first kappa shape index (κ1) is 15.9. The largest absolute Gasteiger partial charge is 0.462 e. The van der Waals surface area contributed by atoms with Gasteiger partial charge in [0.1, 0.15) is 11.4 Å².